The molecule has 4 heterocycles. The third-order valence-electron chi connectivity index (χ3n) is 5.68. The molecule has 0 saturated carbocycles. The van der Waals surface area contributed by atoms with Crippen LogP contribution in [0.5, 0.6) is 0 Å². The number of ether oxygens (including phenoxy) is 1. The summed E-state index contributed by atoms with van der Waals surface area (Å²) < 4.78 is 5.09. The van der Waals surface area contributed by atoms with Crippen molar-refractivity contribution in [1.82, 2.24) is 4.90 Å². The van der Waals surface area contributed by atoms with E-state index in [0.29, 0.717) is 28.0 Å². The molecule has 4 saturated heterocycles. The number of nitrogens with zero attached hydrogens (tertiary/aromatic N) is 1. The van der Waals surface area contributed by atoms with Gasteiger partial charge in [0.15, 0.2) is 0 Å². The quantitative estimate of drug-likeness (QED) is 0.753. The Labute approximate surface area is 146 Å². The highest BCUT2D eigenvalue weighted by atomic mass is 35.5. The molecule has 4 bridgehead atoms. The van der Waals surface area contributed by atoms with E-state index in [4.69, 9.17) is 27.9 Å². The number of carbonyl (C=O) groups excluding carboxylic acids is 1. The monoisotopic (exact) mass is 351 g/mol. The van der Waals surface area contributed by atoms with Crippen molar-refractivity contribution in [1.29, 1.82) is 0 Å². The van der Waals surface area contributed by atoms with Gasteiger partial charge in [0.05, 0.1) is 23.1 Å². The van der Waals surface area contributed by atoms with Gasteiger partial charge in [-0.3, -0.25) is 9.69 Å². The lowest BCUT2D eigenvalue weighted by Gasteiger charge is -2.50. The van der Waals surface area contributed by atoms with Crippen molar-refractivity contribution in [3.63, 3.8) is 0 Å². The summed E-state index contributed by atoms with van der Waals surface area (Å²) in [5.74, 6) is 0.200. The first-order valence-corrected chi connectivity index (χ1v) is 8.83. The summed E-state index contributed by atoms with van der Waals surface area (Å²) in [6, 6.07) is 6.67. The maximum Gasteiger partial charge on any atom is 0.310 e. The van der Waals surface area contributed by atoms with Gasteiger partial charge in [-0.2, -0.15) is 0 Å². The van der Waals surface area contributed by atoms with Gasteiger partial charge >= 0.3 is 5.97 Å². The molecule has 1 aromatic rings. The Morgan fingerprint density at radius 1 is 1.30 bits per heavy atom. The maximum absolute atomic E-state index is 12.3. The topological polar surface area (TPSA) is 29.5 Å². The molecule has 4 fully saturated rings. The van der Waals surface area contributed by atoms with Crippen LogP contribution in [-0.2, 0) is 9.53 Å². The zero-order valence-corrected chi connectivity index (χ0v) is 14.5. The highest BCUT2D eigenvalue weighted by Gasteiger charge is 2.55. The number of fused-ring (bicyclic) bond motifs is 1. The van der Waals surface area contributed by atoms with Gasteiger partial charge in [-0.15, -0.1) is 0 Å². The van der Waals surface area contributed by atoms with Crippen molar-refractivity contribution in [3.05, 3.63) is 39.4 Å². The molecule has 5 heteroatoms. The predicted octanol–water partition coefficient (Wildman–Crippen LogP) is 4.03. The molecule has 1 unspecified atom stereocenters. The van der Waals surface area contributed by atoms with Gasteiger partial charge in [0.2, 0.25) is 0 Å². The summed E-state index contributed by atoms with van der Waals surface area (Å²) in [5, 5.41) is 1.13. The molecule has 0 spiro atoms. The lowest BCUT2D eigenvalue weighted by Crippen LogP contribution is -2.58. The second-order valence-corrected chi connectivity index (χ2v) is 7.57. The maximum atomic E-state index is 12.3. The number of halogens is 2. The predicted molar refractivity (Wildman–Crippen MR) is 91.6 cm³/mol. The molecule has 0 aromatic heterocycles. The van der Waals surface area contributed by atoms with Crippen molar-refractivity contribution < 1.29 is 9.53 Å². The van der Waals surface area contributed by atoms with Crippen LogP contribution < -0.4 is 0 Å². The van der Waals surface area contributed by atoms with Crippen LogP contribution in [0.2, 0.25) is 10.0 Å². The van der Waals surface area contributed by atoms with E-state index in [-0.39, 0.29) is 11.9 Å². The molecular weight excluding hydrogens is 333 g/mol. The number of carbonyl (C=O) groups is 1. The number of piperidine rings is 3. The fourth-order valence-electron chi connectivity index (χ4n) is 4.70. The smallest absolute Gasteiger partial charge is 0.310 e. The SMILES string of the molecule is COC(=O)[C@@H]1[C@@H]2C[C@@H]3CC[C@H]1N3C/C2=C\c1ccc(Cl)c(Cl)c1. The van der Waals surface area contributed by atoms with Gasteiger partial charge < -0.3 is 4.74 Å². The Morgan fingerprint density at radius 3 is 2.87 bits per heavy atom. The highest BCUT2D eigenvalue weighted by molar-refractivity contribution is 6.42. The molecular formula is C18H19Cl2NO2. The summed E-state index contributed by atoms with van der Waals surface area (Å²) in [5.41, 5.74) is 2.35. The first-order valence-electron chi connectivity index (χ1n) is 8.07. The van der Waals surface area contributed by atoms with Gasteiger partial charge in [-0.1, -0.05) is 40.9 Å². The molecule has 0 aliphatic carbocycles. The third kappa shape index (κ3) is 2.50. The van der Waals surface area contributed by atoms with Gasteiger partial charge in [0, 0.05) is 18.6 Å². The lowest BCUT2D eigenvalue weighted by atomic mass is 9.71. The minimum absolute atomic E-state index is 0.0264. The Balaban J connectivity index is 1.69. The first-order chi connectivity index (χ1) is 11.1. The Hall–Kier alpha value is -1.03. The number of methoxy groups -OCH3 is 1. The molecule has 1 aromatic carbocycles. The van der Waals surface area contributed by atoms with Crippen molar-refractivity contribution >= 4 is 35.2 Å². The van der Waals surface area contributed by atoms with Gasteiger partial charge in [-0.25, -0.2) is 0 Å². The van der Waals surface area contributed by atoms with E-state index in [1.54, 1.807) is 0 Å². The number of hydrogen-bond donors (Lipinski definition) is 0. The van der Waals surface area contributed by atoms with E-state index < -0.39 is 0 Å². The summed E-state index contributed by atoms with van der Waals surface area (Å²) >= 11 is 12.1. The highest BCUT2D eigenvalue weighted by Crippen LogP contribution is 2.50. The molecule has 122 valence electrons. The molecule has 23 heavy (non-hydrogen) atoms. The van der Waals surface area contributed by atoms with Gasteiger partial charge in [0.25, 0.3) is 0 Å². The Kier molecular flexibility index (Phi) is 3.91. The first kappa shape index (κ1) is 15.5. The number of hydrogen-bond acceptors (Lipinski definition) is 3. The molecule has 5 rings (SSSR count). The van der Waals surface area contributed by atoms with Crippen LogP contribution >= 0.6 is 23.2 Å². The van der Waals surface area contributed by atoms with Crippen molar-refractivity contribution in [3.8, 4) is 0 Å². The van der Waals surface area contributed by atoms with Gasteiger partial charge in [-0.05, 0) is 42.9 Å². The molecule has 4 aliphatic heterocycles. The average molecular weight is 352 g/mol. The van der Waals surface area contributed by atoms with Crippen LogP contribution in [0.15, 0.2) is 23.8 Å². The van der Waals surface area contributed by atoms with E-state index in [1.807, 2.05) is 18.2 Å². The van der Waals surface area contributed by atoms with Crippen LogP contribution in [0.4, 0.5) is 0 Å². The van der Waals surface area contributed by atoms with Crippen molar-refractivity contribution in [2.75, 3.05) is 13.7 Å². The third-order valence-corrected chi connectivity index (χ3v) is 6.41. The summed E-state index contributed by atoms with van der Waals surface area (Å²) in [6.07, 6.45) is 5.55. The molecule has 0 N–H and O–H groups in total. The minimum Gasteiger partial charge on any atom is -0.469 e. The zero-order chi connectivity index (χ0) is 16.1. The molecule has 0 radical (unpaired) electrons. The van der Waals surface area contributed by atoms with Gasteiger partial charge in [0.1, 0.15) is 0 Å². The van der Waals surface area contributed by atoms with Crippen LogP contribution in [0.3, 0.4) is 0 Å². The van der Waals surface area contributed by atoms with E-state index >= 15 is 0 Å². The van der Waals surface area contributed by atoms with E-state index in [9.17, 15) is 4.79 Å². The number of rotatable bonds is 2. The largest absolute Gasteiger partial charge is 0.469 e. The van der Waals surface area contributed by atoms with Crippen LogP contribution in [0, 0.1) is 11.8 Å². The second kappa shape index (κ2) is 5.80. The normalized spacial score (nSPS) is 36.5. The zero-order valence-electron chi connectivity index (χ0n) is 13.0. The fraction of sp³-hybridized carbons (Fsp3) is 0.500. The van der Waals surface area contributed by atoms with Crippen molar-refractivity contribution in [2.45, 2.75) is 31.3 Å². The van der Waals surface area contributed by atoms with E-state index in [1.165, 1.54) is 19.1 Å². The van der Waals surface area contributed by atoms with Crippen molar-refractivity contribution in [2.24, 2.45) is 11.8 Å². The molecule has 5 atom stereocenters. The number of esters is 1. The minimum atomic E-state index is -0.0647. The summed E-state index contributed by atoms with van der Waals surface area (Å²) in [6.45, 7) is 0.952. The number of benzene rings is 1. The Bertz CT molecular complexity index is 688. The van der Waals surface area contributed by atoms with E-state index in [2.05, 4.69) is 11.0 Å². The van der Waals surface area contributed by atoms with Crippen LogP contribution in [0.25, 0.3) is 6.08 Å². The summed E-state index contributed by atoms with van der Waals surface area (Å²) in [7, 11) is 1.49. The van der Waals surface area contributed by atoms with Crippen LogP contribution in [0.1, 0.15) is 24.8 Å². The Morgan fingerprint density at radius 2 is 2.13 bits per heavy atom. The summed E-state index contributed by atoms with van der Waals surface area (Å²) in [4.78, 5) is 14.8. The standard InChI is InChI=1S/C18H19Cl2NO2/c1-23-18(22)17-13-8-12-3-5-16(17)21(12)9-11(13)6-10-2-4-14(19)15(20)7-10/h2,4,6-7,12-13,16-17H,3,5,8-9H2,1H3/b11-6+/t12-,13+,16+,17+/m0/s1. The second-order valence-electron chi connectivity index (χ2n) is 6.75. The lowest BCUT2D eigenvalue weighted by molar-refractivity contribution is -0.153. The molecule has 4 aliphatic rings. The van der Waals surface area contributed by atoms with Crippen LogP contribution in [-0.4, -0.2) is 36.6 Å². The average Bonchev–Trinajstić information content (AvgIpc) is 2.85. The van der Waals surface area contributed by atoms with E-state index in [0.717, 1.165) is 24.9 Å². The fourth-order valence-corrected chi connectivity index (χ4v) is 5.00. The molecule has 3 nitrogen and oxygen atoms in total. The molecule has 0 amide bonds.